The molecule has 200 valence electrons. The third kappa shape index (κ3) is 23.0. The second-order valence-electron chi connectivity index (χ2n) is 11.6. The van der Waals surface area contributed by atoms with E-state index >= 15 is 0 Å². The van der Waals surface area contributed by atoms with Crippen molar-refractivity contribution >= 4 is 18.4 Å². The van der Waals surface area contributed by atoms with Crippen molar-refractivity contribution in [2.75, 3.05) is 0 Å². The third-order valence-corrected chi connectivity index (χ3v) is 24.4. The van der Waals surface area contributed by atoms with Crippen molar-refractivity contribution in [3.63, 3.8) is 0 Å². The van der Waals surface area contributed by atoms with Crippen LogP contribution in [0, 0.1) is 0 Å². The van der Waals surface area contributed by atoms with Crippen LogP contribution in [0.5, 0.6) is 0 Å². The van der Waals surface area contributed by atoms with Crippen LogP contribution in [0.2, 0.25) is 17.7 Å². The maximum atomic E-state index is 2.43. The molecule has 0 saturated heterocycles. The van der Waals surface area contributed by atoms with Gasteiger partial charge in [0.1, 0.15) is 0 Å². The molecule has 0 rings (SSSR count). The van der Waals surface area contributed by atoms with Gasteiger partial charge in [-0.05, 0) is 0 Å². The quantitative estimate of drug-likeness (QED) is 0.0647. The van der Waals surface area contributed by atoms with E-state index in [2.05, 4.69) is 27.7 Å². The van der Waals surface area contributed by atoms with Gasteiger partial charge in [-0.2, -0.15) is 0 Å². The minimum atomic E-state index is -1.89. The summed E-state index contributed by atoms with van der Waals surface area (Å²) in [4.78, 5) is 0. The molecule has 0 aromatic heterocycles. The van der Waals surface area contributed by atoms with Crippen molar-refractivity contribution in [1.82, 2.24) is 0 Å². The van der Waals surface area contributed by atoms with Crippen LogP contribution in [0.1, 0.15) is 182 Å². The van der Waals surface area contributed by atoms with Gasteiger partial charge in [0, 0.05) is 0 Å². The van der Waals surface area contributed by atoms with E-state index in [-0.39, 0.29) is 0 Å². The molecule has 1 heteroatoms. The fourth-order valence-corrected chi connectivity index (χ4v) is 22.1. The van der Waals surface area contributed by atoms with E-state index in [9.17, 15) is 0 Å². The molecule has 0 N–H and O–H groups in total. The standard InChI is InChI=1S/2C12H25.2C4H9.Sn/c2*1-3-5-7-9-11-12-10-8-6-4-2;2*1-3-4-2;/h2*1,3-12H2,2H3;2*1,3-4H2,2H3;. The van der Waals surface area contributed by atoms with Gasteiger partial charge < -0.3 is 0 Å². The fraction of sp³-hybridized carbons (Fsp3) is 1.00. The van der Waals surface area contributed by atoms with Gasteiger partial charge in [0.25, 0.3) is 0 Å². The second-order valence-corrected chi connectivity index (χ2v) is 25.8. The molecule has 0 bridgehead atoms. The first-order valence-corrected chi connectivity index (χ1v) is 24.3. The Morgan fingerprint density at radius 1 is 0.242 bits per heavy atom. The molecule has 33 heavy (non-hydrogen) atoms. The van der Waals surface area contributed by atoms with E-state index in [0.29, 0.717) is 0 Å². The first-order chi connectivity index (χ1) is 16.2. The van der Waals surface area contributed by atoms with Gasteiger partial charge in [0.15, 0.2) is 0 Å². The molecule has 0 nitrogen and oxygen atoms in total. The van der Waals surface area contributed by atoms with E-state index in [1.54, 1.807) is 56.3 Å². The summed E-state index contributed by atoms with van der Waals surface area (Å²) in [6.07, 6.45) is 35.9. The molecule has 0 atom stereocenters. The molecule has 0 aromatic rings. The summed E-state index contributed by atoms with van der Waals surface area (Å²) in [5.41, 5.74) is 0. The number of unbranched alkanes of at least 4 members (excludes halogenated alkanes) is 20. The van der Waals surface area contributed by atoms with Crippen LogP contribution in [0.3, 0.4) is 0 Å². The summed E-state index contributed by atoms with van der Waals surface area (Å²) in [6.45, 7) is 9.50. The molecule has 0 unspecified atom stereocenters. The SMILES string of the molecule is CCCCCCCCCCC[CH2][Sn]([CH2]CCC)([CH2]CCC)[CH2]CCCCCCCCCCC. The van der Waals surface area contributed by atoms with Crippen LogP contribution in [0.25, 0.3) is 0 Å². The third-order valence-electron chi connectivity index (χ3n) is 8.24. The Balaban J connectivity index is 4.15. The first-order valence-electron chi connectivity index (χ1n) is 16.2. The van der Waals surface area contributed by atoms with Crippen molar-refractivity contribution in [2.24, 2.45) is 0 Å². The molecule has 0 aliphatic heterocycles. The zero-order valence-corrected chi connectivity index (χ0v) is 27.2. The molecule has 0 aromatic carbocycles. The van der Waals surface area contributed by atoms with Crippen LogP contribution in [0.4, 0.5) is 0 Å². The Hall–Kier alpha value is 0.799. The number of rotatable bonds is 28. The topological polar surface area (TPSA) is 0 Å². The number of hydrogen-bond acceptors (Lipinski definition) is 0. The van der Waals surface area contributed by atoms with E-state index in [4.69, 9.17) is 0 Å². The zero-order chi connectivity index (χ0) is 24.3. The Bertz CT molecular complexity index is 316. The summed E-state index contributed by atoms with van der Waals surface area (Å²) in [5.74, 6) is 0. The molecule has 0 aliphatic carbocycles. The molecule has 0 heterocycles. The Morgan fingerprint density at radius 3 is 0.727 bits per heavy atom. The van der Waals surface area contributed by atoms with Gasteiger partial charge in [-0.1, -0.05) is 0 Å². The minimum absolute atomic E-state index is 1.38. The average Bonchev–Trinajstić information content (AvgIpc) is 2.83. The Labute approximate surface area is 217 Å². The molecule has 0 radical (unpaired) electrons. The van der Waals surface area contributed by atoms with Crippen LogP contribution in [-0.4, -0.2) is 18.4 Å². The van der Waals surface area contributed by atoms with Gasteiger partial charge >= 0.3 is 218 Å². The summed E-state index contributed by atoms with van der Waals surface area (Å²) in [6, 6.07) is 0. The van der Waals surface area contributed by atoms with Gasteiger partial charge in [-0.25, -0.2) is 0 Å². The molecule has 0 saturated carbocycles. The predicted octanol–water partition coefficient (Wildman–Crippen LogP) is 12.9. The number of hydrogen-bond donors (Lipinski definition) is 0. The summed E-state index contributed by atoms with van der Waals surface area (Å²) < 4.78 is 6.92. The van der Waals surface area contributed by atoms with E-state index in [0.717, 1.165) is 0 Å². The fourth-order valence-electron chi connectivity index (χ4n) is 5.83. The van der Waals surface area contributed by atoms with Crippen LogP contribution >= 0.6 is 0 Å². The Kier molecular flexibility index (Phi) is 28.1. The summed E-state index contributed by atoms with van der Waals surface area (Å²) >= 11 is -1.89. The second kappa shape index (κ2) is 27.4. The van der Waals surface area contributed by atoms with Crippen LogP contribution < -0.4 is 0 Å². The van der Waals surface area contributed by atoms with Gasteiger partial charge in [-0.3, -0.25) is 0 Å². The molecular weight excluding hydrogens is 503 g/mol. The van der Waals surface area contributed by atoms with Gasteiger partial charge in [0.2, 0.25) is 0 Å². The first kappa shape index (κ1) is 33.8. The zero-order valence-electron chi connectivity index (χ0n) is 24.3. The maximum absolute atomic E-state index is 2.43. The van der Waals surface area contributed by atoms with E-state index < -0.39 is 18.4 Å². The van der Waals surface area contributed by atoms with E-state index in [1.165, 1.54) is 116 Å². The van der Waals surface area contributed by atoms with Crippen LogP contribution in [-0.2, 0) is 0 Å². The Morgan fingerprint density at radius 2 is 0.455 bits per heavy atom. The molecule has 0 aliphatic rings. The monoisotopic (exact) mass is 572 g/mol. The van der Waals surface area contributed by atoms with Crippen molar-refractivity contribution in [1.29, 1.82) is 0 Å². The normalized spacial score (nSPS) is 12.0. The average molecular weight is 572 g/mol. The van der Waals surface area contributed by atoms with Crippen molar-refractivity contribution < 1.29 is 0 Å². The molecule has 0 spiro atoms. The van der Waals surface area contributed by atoms with E-state index in [1.807, 2.05) is 0 Å². The molecule has 0 amide bonds. The molecule has 0 fully saturated rings. The summed E-state index contributed by atoms with van der Waals surface area (Å²) in [5, 5.41) is 0. The van der Waals surface area contributed by atoms with Crippen molar-refractivity contribution in [2.45, 2.75) is 200 Å². The van der Waals surface area contributed by atoms with Gasteiger partial charge in [-0.15, -0.1) is 0 Å². The van der Waals surface area contributed by atoms with Crippen molar-refractivity contribution in [3.8, 4) is 0 Å². The predicted molar refractivity (Wildman–Crippen MR) is 158 cm³/mol. The molecular formula is C32H68Sn. The summed E-state index contributed by atoms with van der Waals surface area (Å²) in [7, 11) is 0. The van der Waals surface area contributed by atoms with Crippen LogP contribution in [0.15, 0.2) is 0 Å². The van der Waals surface area contributed by atoms with Crippen molar-refractivity contribution in [3.05, 3.63) is 0 Å². The van der Waals surface area contributed by atoms with Gasteiger partial charge in [0.05, 0.1) is 0 Å².